The van der Waals surface area contributed by atoms with Crippen molar-refractivity contribution in [1.82, 2.24) is 0 Å². The summed E-state index contributed by atoms with van der Waals surface area (Å²) in [6.07, 6.45) is 3.52. The van der Waals surface area contributed by atoms with E-state index in [1.807, 2.05) is 0 Å². The molecule has 11 heteroatoms. The zero-order valence-corrected chi connectivity index (χ0v) is 23.1. The molecule has 0 aromatic heterocycles. The molecule has 0 aliphatic heterocycles. The number of amides is 1. The van der Waals surface area contributed by atoms with Crippen LogP contribution < -0.4 is 24.3 Å². The molecule has 2 aromatic rings. The predicted octanol–water partition coefficient (Wildman–Crippen LogP) is 5.89. The van der Waals surface area contributed by atoms with Crippen LogP contribution in [-0.2, 0) is 4.74 Å². The number of anilines is 1. The zero-order chi connectivity index (χ0) is 29.8. The van der Waals surface area contributed by atoms with Gasteiger partial charge in [0, 0.05) is 6.07 Å². The first-order valence-corrected chi connectivity index (χ1v) is 12.4. The van der Waals surface area contributed by atoms with Crippen LogP contribution in [0.4, 0.5) is 11.4 Å². The Kier molecular flexibility index (Phi) is 11.7. The quantitative estimate of drug-likeness (QED) is 0.116. The topological polar surface area (TPSA) is 135 Å². The van der Waals surface area contributed by atoms with Crippen molar-refractivity contribution in [3.63, 3.8) is 0 Å². The van der Waals surface area contributed by atoms with E-state index >= 15 is 0 Å². The van der Waals surface area contributed by atoms with Gasteiger partial charge in [-0.05, 0) is 45.9 Å². The Labute approximate surface area is 233 Å². The Morgan fingerprint density at radius 2 is 1.35 bits per heavy atom. The fourth-order valence-electron chi connectivity index (χ4n) is 3.37. The number of hydrogen-bond acceptors (Lipinski definition) is 9. The third kappa shape index (κ3) is 8.10. The normalized spacial score (nSPS) is 10.4. The largest absolute Gasteiger partial charge is 0.485 e. The van der Waals surface area contributed by atoms with Gasteiger partial charge in [0.2, 0.25) is 5.75 Å². The lowest BCUT2D eigenvalue weighted by atomic mass is 10.1. The van der Waals surface area contributed by atoms with Crippen LogP contribution in [0, 0.1) is 10.1 Å². The highest BCUT2D eigenvalue weighted by atomic mass is 16.6. The molecule has 0 aliphatic rings. The first-order valence-electron chi connectivity index (χ1n) is 12.4. The van der Waals surface area contributed by atoms with Crippen molar-refractivity contribution in [3.05, 3.63) is 83.5 Å². The van der Waals surface area contributed by atoms with E-state index in [1.165, 1.54) is 36.4 Å². The van der Waals surface area contributed by atoms with Crippen LogP contribution in [0.15, 0.2) is 62.2 Å². The lowest BCUT2D eigenvalue weighted by Crippen LogP contribution is -2.19. The molecule has 11 nitrogen and oxygen atoms in total. The van der Waals surface area contributed by atoms with Crippen molar-refractivity contribution >= 4 is 23.3 Å². The minimum absolute atomic E-state index is 0.0208. The van der Waals surface area contributed by atoms with E-state index < -0.39 is 22.9 Å². The molecular formula is C29H34N2O9. The second kappa shape index (κ2) is 15.0. The number of carbonyl (C=O) groups is 2. The molecule has 1 N–H and O–H groups in total. The van der Waals surface area contributed by atoms with Crippen molar-refractivity contribution in [2.45, 2.75) is 39.9 Å². The number of ether oxygens (including phenoxy) is 5. The van der Waals surface area contributed by atoms with Gasteiger partial charge in [-0.25, -0.2) is 4.79 Å². The van der Waals surface area contributed by atoms with Gasteiger partial charge in [-0.1, -0.05) is 38.0 Å². The van der Waals surface area contributed by atoms with Gasteiger partial charge in [0.1, 0.15) is 25.4 Å². The molecule has 0 saturated carbocycles. The van der Waals surface area contributed by atoms with Crippen LogP contribution in [0.1, 0.15) is 48.4 Å². The molecule has 0 saturated heterocycles. The highest BCUT2D eigenvalue weighted by Crippen LogP contribution is 2.43. The van der Waals surface area contributed by atoms with Gasteiger partial charge >= 0.3 is 11.7 Å². The molecule has 0 bridgehead atoms. The molecule has 0 heterocycles. The molecule has 214 valence electrons. The third-order valence-electron chi connectivity index (χ3n) is 4.84. The van der Waals surface area contributed by atoms with E-state index in [2.05, 4.69) is 25.1 Å². The standard InChI is InChI=1S/C29H34N2O9/c1-8-15-36-24-20(12-14-23(31(34)35)27(24)40-19(6)7)28(32)30-22-13-11-21(29(33)38-17-10-3)25(37-16-9-2)26(22)39-18(4)5/h8-14,18-19H,1-3,15-17H2,4-7H3,(H,30,32). The number of nitro benzene ring substituents is 1. The van der Waals surface area contributed by atoms with Gasteiger partial charge in [-0.3, -0.25) is 14.9 Å². The Bertz CT molecular complexity index is 1270. The Balaban J connectivity index is 2.68. The molecule has 1 amide bonds. The molecule has 2 rings (SSSR count). The lowest BCUT2D eigenvalue weighted by Gasteiger charge is -2.21. The summed E-state index contributed by atoms with van der Waals surface area (Å²) in [5.41, 5.74) is -0.176. The van der Waals surface area contributed by atoms with E-state index in [0.717, 1.165) is 6.07 Å². The van der Waals surface area contributed by atoms with Crippen molar-refractivity contribution in [3.8, 4) is 23.0 Å². The monoisotopic (exact) mass is 554 g/mol. The molecule has 0 unspecified atom stereocenters. The number of benzene rings is 2. The van der Waals surface area contributed by atoms with Crippen molar-refractivity contribution in [2.75, 3.05) is 25.1 Å². The summed E-state index contributed by atoms with van der Waals surface area (Å²) in [6.45, 7) is 17.6. The van der Waals surface area contributed by atoms with Crippen LogP contribution in [0.3, 0.4) is 0 Å². The maximum Gasteiger partial charge on any atom is 0.342 e. The molecular weight excluding hydrogens is 520 g/mol. The predicted molar refractivity (Wildman–Crippen MR) is 151 cm³/mol. The summed E-state index contributed by atoms with van der Waals surface area (Å²) in [7, 11) is 0. The van der Waals surface area contributed by atoms with E-state index in [4.69, 9.17) is 23.7 Å². The number of hydrogen-bond donors (Lipinski definition) is 1. The van der Waals surface area contributed by atoms with Gasteiger partial charge in [0.05, 0.1) is 28.4 Å². The Morgan fingerprint density at radius 1 is 0.825 bits per heavy atom. The van der Waals surface area contributed by atoms with Crippen LogP contribution in [0.5, 0.6) is 23.0 Å². The summed E-state index contributed by atoms with van der Waals surface area (Å²) in [4.78, 5) is 37.4. The van der Waals surface area contributed by atoms with Crippen LogP contribution in [0.2, 0.25) is 0 Å². The number of rotatable bonds is 16. The van der Waals surface area contributed by atoms with Gasteiger partial charge in [0.25, 0.3) is 5.91 Å². The summed E-state index contributed by atoms with van der Waals surface area (Å²) < 4.78 is 28.3. The van der Waals surface area contributed by atoms with Crippen LogP contribution >= 0.6 is 0 Å². The second-order valence-electron chi connectivity index (χ2n) is 8.74. The molecule has 0 fully saturated rings. The Hall–Kier alpha value is -4.80. The van der Waals surface area contributed by atoms with Crippen LogP contribution in [-0.4, -0.2) is 48.8 Å². The highest BCUT2D eigenvalue weighted by molar-refractivity contribution is 6.08. The van der Waals surface area contributed by atoms with Crippen molar-refractivity contribution in [2.24, 2.45) is 0 Å². The fraction of sp³-hybridized carbons (Fsp3) is 0.310. The minimum atomic E-state index is -0.687. The lowest BCUT2D eigenvalue weighted by molar-refractivity contribution is -0.386. The number of esters is 1. The maximum atomic E-state index is 13.6. The highest BCUT2D eigenvalue weighted by Gasteiger charge is 2.29. The van der Waals surface area contributed by atoms with Crippen LogP contribution in [0.25, 0.3) is 0 Å². The summed E-state index contributed by atoms with van der Waals surface area (Å²) in [6, 6.07) is 5.31. The number of carbonyl (C=O) groups excluding carboxylic acids is 2. The molecule has 0 spiro atoms. The Morgan fingerprint density at radius 3 is 1.88 bits per heavy atom. The first-order chi connectivity index (χ1) is 19.0. The molecule has 0 aliphatic carbocycles. The molecule has 0 atom stereocenters. The molecule has 40 heavy (non-hydrogen) atoms. The first kappa shape index (κ1) is 31.4. The molecule has 0 radical (unpaired) electrons. The van der Waals surface area contributed by atoms with E-state index in [9.17, 15) is 19.7 Å². The number of nitrogens with one attached hydrogen (secondary N) is 1. The van der Waals surface area contributed by atoms with E-state index in [1.54, 1.807) is 27.7 Å². The van der Waals surface area contributed by atoms with Gasteiger partial charge in [0.15, 0.2) is 17.2 Å². The SMILES string of the molecule is C=CCOC(=O)c1ccc(NC(=O)c2ccc([N+](=O)[O-])c(OC(C)C)c2OCC=C)c(OC(C)C)c1OCC=C. The van der Waals surface area contributed by atoms with E-state index in [0.29, 0.717) is 0 Å². The van der Waals surface area contributed by atoms with Crippen molar-refractivity contribution in [1.29, 1.82) is 0 Å². The average Bonchev–Trinajstić information content (AvgIpc) is 2.89. The van der Waals surface area contributed by atoms with Crippen molar-refractivity contribution < 1.29 is 38.2 Å². The zero-order valence-electron chi connectivity index (χ0n) is 23.1. The fourth-order valence-corrected chi connectivity index (χ4v) is 3.37. The number of nitro groups is 1. The smallest absolute Gasteiger partial charge is 0.342 e. The third-order valence-corrected chi connectivity index (χ3v) is 4.84. The molecule has 2 aromatic carbocycles. The summed E-state index contributed by atoms with van der Waals surface area (Å²) >= 11 is 0. The van der Waals surface area contributed by atoms with Gasteiger partial charge < -0.3 is 29.0 Å². The van der Waals surface area contributed by atoms with Gasteiger partial charge in [-0.2, -0.15) is 0 Å². The summed E-state index contributed by atoms with van der Waals surface area (Å²) in [5, 5.41) is 14.4. The van der Waals surface area contributed by atoms with Gasteiger partial charge in [-0.15, -0.1) is 0 Å². The number of nitrogens with zero attached hydrogens (tertiary/aromatic N) is 1. The summed E-state index contributed by atoms with van der Waals surface area (Å²) in [5.74, 6) is -1.57. The minimum Gasteiger partial charge on any atom is -0.485 e. The average molecular weight is 555 g/mol. The second-order valence-corrected chi connectivity index (χ2v) is 8.74. The maximum absolute atomic E-state index is 13.6. The van der Waals surface area contributed by atoms with E-state index in [-0.39, 0.29) is 71.4 Å².